The van der Waals surface area contributed by atoms with E-state index in [-0.39, 0.29) is 12.3 Å². The number of likely N-dealkylation sites (tertiary alicyclic amines) is 1. The molecule has 0 aliphatic carbocycles. The lowest BCUT2D eigenvalue weighted by Crippen LogP contribution is -2.46. The second kappa shape index (κ2) is 7.08. The number of benzene rings is 2. The summed E-state index contributed by atoms with van der Waals surface area (Å²) in [5.74, 6) is 0.119. The summed E-state index contributed by atoms with van der Waals surface area (Å²) in [7, 11) is 0. The fourth-order valence-corrected chi connectivity index (χ4v) is 4.17. The van der Waals surface area contributed by atoms with Gasteiger partial charge in [0.2, 0.25) is 5.91 Å². The van der Waals surface area contributed by atoms with E-state index in [1.807, 2.05) is 59.5 Å². The fraction of sp³-hybridized carbons (Fsp3) is 0.333. The zero-order chi connectivity index (χ0) is 18.0. The van der Waals surface area contributed by atoms with E-state index in [1.54, 1.807) is 0 Å². The van der Waals surface area contributed by atoms with Gasteiger partial charge in [-0.3, -0.25) is 4.79 Å². The number of carbonyl (C=O) groups is 1. The Bertz CT molecular complexity index is 818. The largest absolute Gasteiger partial charge is 0.454 e. The van der Waals surface area contributed by atoms with Crippen LogP contribution in [-0.4, -0.2) is 29.1 Å². The third-order valence-electron chi connectivity index (χ3n) is 5.21. The smallest absolute Gasteiger partial charge is 0.262 e. The van der Waals surface area contributed by atoms with Crippen LogP contribution in [0.2, 0.25) is 0 Å². The Balaban J connectivity index is 1.79. The third kappa shape index (κ3) is 3.07. The molecule has 0 bridgehead atoms. The maximum Gasteiger partial charge on any atom is 0.262 e. The number of ether oxygens (including phenoxy) is 1. The SMILES string of the molecule is O=C(CC1(c2ccccc2)OC(=S)Nc2ccccc21)N1CCCCC1. The standard InChI is InChI=1S/C21H22N2O2S/c24-19(23-13-7-2-8-14-23)15-21(16-9-3-1-4-10-16)17-11-5-6-12-18(17)22-20(26)25-21/h1,3-6,9-12H,2,7-8,13-15H2,(H,22,26). The Morgan fingerprint density at radius 1 is 1.04 bits per heavy atom. The van der Waals surface area contributed by atoms with Gasteiger partial charge in [0.1, 0.15) is 0 Å². The first kappa shape index (κ1) is 17.0. The molecule has 2 aromatic rings. The minimum Gasteiger partial charge on any atom is -0.454 e. The first-order valence-corrected chi connectivity index (χ1v) is 9.53. The molecule has 26 heavy (non-hydrogen) atoms. The zero-order valence-electron chi connectivity index (χ0n) is 14.6. The van der Waals surface area contributed by atoms with Gasteiger partial charge in [-0.15, -0.1) is 0 Å². The summed E-state index contributed by atoms with van der Waals surface area (Å²) in [4.78, 5) is 15.1. The molecule has 4 rings (SSSR count). The molecule has 0 radical (unpaired) electrons. The fourth-order valence-electron chi connectivity index (χ4n) is 3.92. The number of hydrogen-bond donors (Lipinski definition) is 1. The van der Waals surface area contributed by atoms with Crippen LogP contribution in [0.25, 0.3) is 0 Å². The number of nitrogens with one attached hydrogen (secondary N) is 1. The minimum absolute atomic E-state index is 0.119. The second-order valence-electron chi connectivity index (χ2n) is 6.87. The van der Waals surface area contributed by atoms with E-state index in [4.69, 9.17) is 17.0 Å². The molecular formula is C21H22N2O2S. The number of hydrogen-bond acceptors (Lipinski definition) is 3. The van der Waals surface area contributed by atoms with E-state index in [2.05, 4.69) is 5.32 Å². The number of rotatable bonds is 3. The summed E-state index contributed by atoms with van der Waals surface area (Å²) < 4.78 is 6.22. The molecule has 1 atom stereocenters. The molecule has 1 unspecified atom stereocenters. The number of piperidine rings is 1. The predicted octanol–water partition coefficient (Wildman–Crippen LogP) is 4.06. The first-order chi connectivity index (χ1) is 12.7. The van der Waals surface area contributed by atoms with E-state index < -0.39 is 5.60 Å². The van der Waals surface area contributed by atoms with Crippen molar-refractivity contribution in [1.29, 1.82) is 0 Å². The molecule has 2 aliphatic rings. The number of nitrogens with zero attached hydrogens (tertiary/aromatic N) is 1. The van der Waals surface area contributed by atoms with Crippen molar-refractivity contribution in [3.63, 3.8) is 0 Å². The van der Waals surface area contributed by atoms with Gasteiger partial charge in [0.25, 0.3) is 5.17 Å². The van der Waals surface area contributed by atoms with Crippen molar-refractivity contribution in [1.82, 2.24) is 4.90 Å². The quantitative estimate of drug-likeness (QED) is 0.832. The predicted molar refractivity (Wildman–Crippen MR) is 106 cm³/mol. The van der Waals surface area contributed by atoms with Gasteiger partial charge in [-0.1, -0.05) is 48.5 Å². The van der Waals surface area contributed by atoms with Crippen LogP contribution in [0, 0.1) is 0 Å². The van der Waals surface area contributed by atoms with Crippen molar-refractivity contribution in [2.75, 3.05) is 18.4 Å². The summed E-state index contributed by atoms with van der Waals surface area (Å²) in [6.07, 6.45) is 3.58. The summed E-state index contributed by atoms with van der Waals surface area (Å²) >= 11 is 5.38. The average Bonchev–Trinajstić information content (AvgIpc) is 2.69. The second-order valence-corrected chi connectivity index (χ2v) is 7.24. The van der Waals surface area contributed by atoms with E-state index in [1.165, 1.54) is 6.42 Å². The van der Waals surface area contributed by atoms with Gasteiger partial charge in [-0.25, -0.2) is 0 Å². The zero-order valence-corrected chi connectivity index (χ0v) is 15.4. The van der Waals surface area contributed by atoms with Gasteiger partial charge < -0.3 is 15.0 Å². The Labute approximate surface area is 159 Å². The normalized spacial score (nSPS) is 22.2. The number of thiocarbonyl (C=S) groups is 1. The number of anilines is 1. The molecule has 1 amide bonds. The van der Waals surface area contributed by atoms with Crippen LogP contribution in [-0.2, 0) is 15.1 Å². The molecule has 1 N–H and O–H groups in total. The van der Waals surface area contributed by atoms with Crippen molar-refractivity contribution in [2.45, 2.75) is 31.3 Å². The molecule has 4 nitrogen and oxygen atoms in total. The highest BCUT2D eigenvalue weighted by atomic mass is 32.1. The van der Waals surface area contributed by atoms with Gasteiger partial charge >= 0.3 is 0 Å². The molecule has 5 heteroatoms. The van der Waals surface area contributed by atoms with E-state index in [0.717, 1.165) is 42.7 Å². The van der Waals surface area contributed by atoms with Crippen molar-refractivity contribution in [2.24, 2.45) is 0 Å². The topological polar surface area (TPSA) is 41.6 Å². The van der Waals surface area contributed by atoms with Gasteiger partial charge in [-0.05, 0) is 37.5 Å². The Morgan fingerprint density at radius 3 is 2.50 bits per heavy atom. The number of fused-ring (bicyclic) bond motifs is 1. The van der Waals surface area contributed by atoms with Crippen LogP contribution >= 0.6 is 12.2 Å². The van der Waals surface area contributed by atoms with E-state index in [9.17, 15) is 4.79 Å². The Kier molecular flexibility index (Phi) is 4.64. The van der Waals surface area contributed by atoms with Crippen LogP contribution in [0.5, 0.6) is 0 Å². The van der Waals surface area contributed by atoms with Crippen molar-refractivity contribution in [3.05, 3.63) is 65.7 Å². The highest BCUT2D eigenvalue weighted by Gasteiger charge is 2.45. The van der Waals surface area contributed by atoms with Crippen LogP contribution in [0.4, 0.5) is 5.69 Å². The monoisotopic (exact) mass is 366 g/mol. The van der Waals surface area contributed by atoms with Crippen molar-refractivity contribution in [3.8, 4) is 0 Å². The first-order valence-electron chi connectivity index (χ1n) is 9.12. The lowest BCUT2D eigenvalue weighted by molar-refractivity contribution is -0.136. The number of amides is 1. The van der Waals surface area contributed by atoms with Gasteiger partial charge in [0.15, 0.2) is 5.60 Å². The lowest BCUT2D eigenvalue weighted by Gasteiger charge is -2.41. The highest BCUT2D eigenvalue weighted by Crippen LogP contribution is 2.44. The molecule has 1 saturated heterocycles. The van der Waals surface area contributed by atoms with Crippen molar-refractivity contribution >= 4 is 29.0 Å². The Morgan fingerprint density at radius 2 is 1.73 bits per heavy atom. The van der Waals surface area contributed by atoms with Gasteiger partial charge in [0, 0.05) is 29.9 Å². The van der Waals surface area contributed by atoms with Gasteiger partial charge in [0.05, 0.1) is 6.42 Å². The summed E-state index contributed by atoms with van der Waals surface area (Å²) in [6.45, 7) is 1.65. The maximum absolute atomic E-state index is 13.1. The molecule has 0 saturated carbocycles. The van der Waals surface area contributed by atoms with Crippen LogP contribution < -0.4 is 5.32 Å². The van der Waals surface area contributed by atoms with Crippen LogP contribution in [0.15, 0.2) is 54.6 Å². The molecule has 2 aromatic carbocycles. The van der Waals surface area contributed by atoms with E-state index >= 15 is 0 Å². The minimum atomic E-state index is -0.894. The molecule has 2 aliphatic heterocycles. The van der Waals surface area contributed by atoms with Crippen molar-refractivity contribution < 1.29 is 9.53 Å². The third-order valence-corrected chi connectivity index (χ3v) is 5.40. The highest BCUT2D eigenvalue weighted by molar-refractivity contribution is 7.80. The molecule has 1 fully saturated rings. The number of para-hydroxylation sites is 1. The molecule has 134 valence electrons. The van der Waals surface area contributed by atoms with Gasteiger partial charge in [-0.2, -0.15) is 0 Å². The van der Waals surface area contributed by atoms with Crippen LogP contribution in [0.1, 0.15) is 36.8 Å². The molecule has 2 heterocycles. The van der Waals surface area contributed by atoms with Crippen LogP contribution in [0.3, 0.4) is 0 Å². The molecule has 0 spiro atoms. The summed E-state index contributed by atoms with van der Waals surface area (Å²) in [6, 6.07) is 17.9. The molecule has 0 aromatic heterocycles. The van der Waals surface area contributed by atoms with E-state index in [0.29, 0.717) is 5.17 Å². The Hall–Kier alpha value is -2.40. The summed E-state index contributed by atoms with van der Waals surface area (Å²) in [5, 5.41) is 3.43. The average molecular weight is 366 g/mol. The maximum atomic E-state index is 13.1. The lowest BCUT2D eigenvalue weighted by atomic mass is 9.81. The number of carbonyl (C=O) groups excluding carboxylic acids is 1. The molecular weight excluding hydrogens is 344 g/mol. The summed E-state index contributed by atoms with van der Waals surface area (Å²) in [5.41, 5.74) is 1.90.